The Kier molecular flexibility index (Phi) is 4.77. The van der Waals surface area contributed by atoms with E-state index in [1.165, 1.54) is 0 Å². The largest absolute Gasteiger partial charge is 0.420 e. The summed E-state index contributed by atoms with van der Waals surface area (Å²) in [4.78, 5) is 30.1. The van der Waals surface area contributed by atoms with Crippen LogP contribution in [0.2, 0.25) is 0 Å². The molecule has 0 spiro atoms. The molecule has 2 atom stereocenters. The zero-order valence-electron chi connectivity index (χ0n) is 18.1. The van der Waals surface area contributed by atoms with Crippen LogP contribution in [0.3, 0.4) is 0 Å². The van der Waals surface area contributed by atoms with E-state index in [4.69, 9.17) is 9.47 Å². The van der Waals surface area contributed by atoms with Crippen molar-refractivity contribution >= 4 is 23.6 Å². The number of anilines is 2. The molecule has 2 amide bonds. The van der Waals surface area contributed by atoms with Crippen molar-refractivity contribution < 1.29 is 19.1 Å². The molecule has 2 aliphatic rings. The molecule has 34 heavy (non-hydrogen) atoms. The van der Waals surface area contributed by atoms with E-state index in [0.29, 0.717) is 22.9 Å². The minimum Gasteiger partial charge on any atom is -0.410 e. The monoisotopic (exact) mass is 448 g/mol. The van der Waals surface area contributed by atoms with Crippen LogP contribution in [0.25, 0.3) is 0 Å². The number of nitrogens with zero attached hydrogens (tertiary/aromatic N) is 2. The van der Waals surface area contributed by atoms with Crippen LogP contribution in [0.15, 0.2) is 109 Å². The molecule has 4 aromatic carbocycles. The maximum atomic E-state index is 13.4. The molecule has 0 N–H and O–H groups in total. The molecule has 0 saturated heterocycles. The smallest absolute Gasteiger partial charge is 0.410 e. The Morgan fingerprint density at radius 3 is 1.24 bits per heavy atom. The van der Waals surface area contributed by atoms with Crippen molar-refractivity contribution in [2.24, 2.45) is 0 Å². The molecule has 166 valence electrons. The highest BCUT2D eigenvalue weighted by atomic mass is 16.6. The summed E-state index contributed by atoms with van der Waals surface area (Å²) in [6, 6.07) is 32.5. The number of hydrogen-bond donors (Lipinski definition) is 0. The lowest BCUT2D eigenvalue weighted by molar-refractivity contribution is 0.185. The molecule has 0 aliphatic carbocycles. The fourth-order valence-electron chi connectivity index (χ4n) is 4.76. The molecule has 0 saturated carbocycles. The number of hydrogen-bond acceptors (Lipinski definition) is 4. The van der Waals surface area contributed by atoms with Crippen LogP contribution in [-0.2, 0) is 0 Å². The van der Waals surface area contributed by atoms with E-state index in [1.807, 2.05) is 97.1 Å². The summed E-state index contributed by atoms with van der Waals surface area (Å²) < 4.78 is 11.5. The van der Waals surface area contributed by atoms with Crippen molar-refractivity contribution in [3.63, 3.8) is 0 Å². The third-order valence-electron chi connectivity index (χ3n) is 6.19. The van der Waals surface area contributed by atoms with Gasteiger partial charge >= 0.3 is 12.2 Å². The Bertz CT molecular complexity index is 1270. The van der Waals surface area contributed by atoms with E-state index in [0.717, 1.165) is 11.1 Å². The van der Waals surface area contributed by atoms with Crippen molar-refractivity contribution in [3.8, 4) is 11.5 Å². The van der Waals surface area contributed by atoms with Crippen LogP contribution < -0.4 is 19.3 Å². The van der Waals surface area contributed by atoms with Gasteiger partial charge in [-0.15, -0.1) is 0 Å². The number of benzene rings is 4. The van der Waals surface area contributed by atoms with Crippen LogP contribution in [0.4, 0.5) is 21.0 Å². The number of ether oxygens (including phenoxy) is 2. The van der Waals surface area contributed by atoms with E-state index in [2.05, 4.69) is 0 Å². The number of para-hydroxylation sites is 4. The molecule has 0 unspecified atom stereocenters. The lowest BCUT2D eigenvalue weighted by Gasteiger charge is -2.46. The summed E-state index contributed by atoms with van der Waals surface area (Å²) >= 11 is 0. The lowest BCUT2D eigenvalue weighted by atomic mass is 9.87. The molecular formula is C28H20N2O4. The van der Waals surface area contributed by atoms with Gasteiger partial charge in [-0.2, -0.15) is 0 Å². The van der Waals surface area contributed by atoms with Gasteiger partial charge in [-0.25, -0.2) is 9.59 Å². The molecule has 2 heterocycles. The zero-order valence-corrected chi connectivity index (χ0v) is 18.1. The van der Waals surface area contributed by atoms with Gasteiger partial charge in [-0.1, -0.05) is 72.8 Å². The summed E-state index contributed by atoms with van der Waals surface area (Å²) in [7, 11) is 0. The predicted molar refractivity (Wildman–Crippen MR) is 128 cm³/mol. The summed E-state index contributed by atoms with van der Waals surface area (Å²) in [6.07, 6.45) is -1.00. The third-order valence-corrected chi connectivity index (χ3v) is 6.19. The van der Waals surface area contributed by atoms with E-state index >= 15 is 0 Å². The lowest BCUT2D eigenvalue weighted by Crippen LogP contribution is -2.51. The van der Waals surface area contributed by atoms with Crippen LogP contribution in [0, 0.1) is 0 Å². The third kappa shape index (κ3) is 3.19. The number of rotatable bonds is 3. The minimum atomic E-state index is -0.561. The molecule has 4 aromatic rings. The van der Waals surface area contributed by atoms with Gasteiger partial charge < -0.3 is 9.47 Å². The second kappa shape index (κ2) is 8.08. The van der Waals surface area contributed by atoms with E-state index in [1.54, 1.807) is 21.9 Å². The van der Waals surface area contributed by atoms with Crippen LogP contribution in [0.1, 0.15) is 23.2 Å². The maximum absolute atomic E-state index is 13.4. The second-order valence-corrected chi connectivity index (χ2v) is 8.11. The molecule has 6 rings (SSSR count). The number of fused-ring (bicyclic) bond motifs is 2. The normalized spacial score (nSPS) is 19.1. The maximum Gasteiger partial charge on any atom is 0.420 e. The van der Waals surface area contributed by atoms with Gasteiger partial charge in [0.05, 0.1) is 12.1 Å². The van der Waals surface area contributed by atoms with Gasteiger partial charge in [0.1, 0.15) is 11.5 Å². The summed E-state index contributed by atoms with van der Waals surface area (Å²) in [6.45, 7) is 0. The Morgan fingerprint density at radius 2 is 0.824 bits per heavy atom. The molecule has 2 aliphatic heterocycles. The van der Waals surface area contributed by atoms with E-state index < -0.39 is 24.3 Å². The first-order chi connectivity index (χ1) is 16.7. The molecule has 0 fully saturated rings. The summed E-state index contributed by atoms with van der Waals surface area (Å²) in [5.41, 5.74) is 2.97. The Morgan fingerprint density at radius 1 is 0.471 bits per heavy atom. The van der Waals surface area contributed by atoms with Gasteiger partial charge in [-0.3, -0.25) is 9.80 Å². The highest BCUT2D eigenvalue weighted by Crippen LogP contribution is 2.51. The highest BCUT2D eigenvalue weighted by Gasteiger charge is 2.48. The highest BCUT2D eigenvalue weighted by molar-refractivity contribution is 5.96. The fourth-order valence-corrected chi connectivity index (χ4v) is 4.76. The first kappa shape index (κ1) is 20.1. The Labute approximate surface area is 196 Å². The summed E-state index contributed by atoms with van der Waals surface area (Å²) in [5, 5.41) is 0. The first-order valence-corrected chi connectivity index (χ1v) is 11.0. The molecule has 0 radical (unpaired) electrons. The number of amides is 2. The van der Waals surface area contributed by atoms with Crippen LogP contribution in [-0.4, -0.2) is 12.2 Å². The van der Waals surface area contributed by atoms with Crippen LogP contribution in [0.5, 0.6) is 11.5 Å². The molecular weight excluding hydrogens is 428 g/mol. The molecule has 0 aromatic heterocycles. The zero-order chi connectivity index (χ0) is 23.1. The standard InChI is InChI=1S/C28H20N2O4/c31-27-29(19-11-3-1-4-12-19)25(21-15-7-9-17-23(21)33-27)26-22-16-8-10-18-24(22)34-28(32)30(26)20-13-5-2-6-14-20/h1-18,25-26H/t25-,26-/m0/s1. The van der Waals surface area contributed by atoms with E-state index in [9.17, 15) is 9.59 Å². The van der Waals surface area contributed by atoms with Gasteiger partial charge in [0, 0.05) is 22.5 Å². The summed E-state index contributed by atoms with van der Waals surface area (Å²) in [5.74, 6) is 0.961. The Hall–Kier alpha value is -4.58. The average Bonchev–Trinajstić information content (AvgIpc) is 2.88. The van der Waals surface area contributed by atoms with Crippen LogP contribution >= 0.6 is 0 Å². The van der Waals surface area contributed by atoms with Crippen molar-refractivity contribution in [1.29, 1.82) is 0 Å². The van der Waals surface area contributed by atoms with Gasteiger partial charge in [0.25, 0.3) is 0 Å². The van der Waals surface area contributed by atoms with Gasteiger partial charge in [-0.05, 0) is 36.4 Å². The quantitative estimate of drug-likeness (QED) is 0.359. The van der Waals surface area contributed by atoms with Crippen molar-refractivity contribution in [2.75, 3.05) is 9.80 Å². The minimum absolute atomic E-state index is 0.481. The van der Waals surface area contributed by atoms with Crippen molar-refractivity contribution in [1.82, 2.24) is 0 Å². The van der Waals surface area contributed by atoms with Gasteiger partial charge in [0.15, 0.2) is 0 Å². The number of carbonyl (C=O) groups excluding carboxylic acids is 2. The fraction of sp³-hybridized carbons (Fsp3) is 0.0714. The molecule has 6 heteroatoms. The molecule has 6 nitrogen and oxygen atoms in total. The second-order valence-electron chi connectivity index (χ2n) is 8.11. The SMILES string of the molecule is O=C1Oc2ccccc2[C@@H]([C@@H]2c3ccccc3OC(=O)N2c2ccccc2)N1c1ccccc1. The topological polar surface area (TPSA) is 59.1 Å². The number of carbonyl (C=O) groups is 2. The van der Waals surface area contributed by atoms with Gasteiger partial charge in [0.2, 0.25) is 0 Å². The van der Waals surface area contributed by atoms with Crippen molar-refractivity contribution in [2.45, 2.75) is 12.1 Å². The Balaban J connectivity index is 1.63. The van der Waals surface area contributed by atoms with E-state index in [-0.39, 0.29) is 0 Å². The molecule has 0 bridgehead atoms. The predicted octanol–water partition coefficient (Wildman–Crippen LogP) is 6.51. The first-order valence-electron chi connectivity index (χ1n) is 11.0. The van der Waals surface area contributed by atoms with Crippen molar-refractivity contribution in [3.05, 3.63) is 120 Å². The average molecular weight is 448 g/mol.